The van der Waals surface area contributed by atoms with E-state index in [0.717, 1.165) is 14.7 Å². The molecule has 0 aromatic carbocycles. The van der Waals surface area contributed by atoms with Crippen LogP contribution in [0.4, 0.5) is 0 Å². The highest BCUT2D eigenvalue weighted by Crippen LogP contribution is 1.92. The molecule has 0 saturated heterocycles. The number of carbonyl (C=O) groups is 5. The number of amides is 5. The summed E-state index contributed by atoms with van der Waals surface area (Å²) in [7, 11) is 4.25. The van der Waals surface area contributed by atoms with Crippen molar-refractivity contribution in [2.75, 3.05) is 47.3 Å². The summed E-state index contributed by atoms with van der Waals surface area (Å²) < 4.78 is 0. The van der Waals surface area contributed by atoms with Gasteiger partial charge in [0, 0.05) is 21.1 Å². The number of nitrogens with zero attached hydrogens (tertiary/aromatic N) is 3. The van der Waals surface area contributed by atoms with E-state index in [-0.39, 0.29) is 26.2 Å². The zero-order valence-electron chi connectivity index (χ0n) is 12.9. The van der Waals surface area contributed by atoms with Crippen LogP contribution in [0.3, 0.4) is 0 Å². The Morgan fingerprint density at radius 3 is 1.95 bits per heavy atom. The summed E-state index contributed by atoms with van der Waals surface area (Å²) in [5, 5.41) is 2.24. The summed E-state index contributed by atoms with van der Waals surface area (Å²) >= 11 is 0. The Labute approximate surface area is 128 Å². The first-order chi connectivity index (χ1) is 10.2. The lowest BCUT2D eigenvalue weighted by atomic mass is 10.4. The van der Waals surface area contributed by atoms with E-state index in [4.69, 9.17) is 5.73 Å². The van der Waals surface area contributed by atoms with Crippen molar-refractivity contribution < 1.29 is 24.0 Å². The molecule has 5 amide bonds. The largest absolute Gasteiger partial charge is 0.368 e. The monoisotopic (exact) mass is 315 g/mol. The molecule has 10 nitrogen and oxygen atoms in total. The van der Waals surface area contributed by atoms with Crippen LogP contribution < -0.4 is 11.1 Å². The molecule has 0 fully saturated rings. The van der Waals surface area contributed by atoms with E-state index in [9.17, 15) is 24.0 Å². The second-order valence-corrected chi connectivity index (χ2v) is 4.76. The van der Waals surface area contributed by atoms with E-state index < -0.39 is 23.6 Å². The first-order valence-corrected chi connectivity index (χ1v) is 6.35. The average Bonchev–Trinajstić information content (AvgIpc) is 2.44. The van der Waals surface area contributed by atoms with Gasteiger partial charge in [0.25, 0.3) is 0 Å². The molecule has 0 rings (SSSR count). The lowest BCUT2D eigenvalue weighted by molar-refractivity contribution is -0.141. The van der Waals surface area contributed by atoms with Crippen LogP contribution >= 0.6 is 0 Å². The fourth-order valence-corrected chi connectivity index (χ4v) is 1.33. The molecule has 0 spiro atoms. The third-order valence-electron chi connectivity index (χ3n) is 2.63. The zero-order valence-corrected chi connectivity index (χ0v) is 12.9. The maximum Gasteiger partial charge on any atom is 0.242 e. The Hall–Kier alpha value is -2.65. The molecule has 0 atom stereocenters. The SMILES string of the molecule is CN(C=O)CC(=O)N(C)CC(=O)N(C)CC(=O)NCC(N)=O. The average molecular weight is 315 g/mol. The van der Waals surface area contributed by atoms with Gasteiger partial charge in [-0.15, -0.1) is 0 Å². The summed E-state index contributed by atoms with van der Waals surface area (Å²) in [4.78, 5) is 59.3. The smallest absolute Gasteiger partial charge is 0.242 e. The summed E-state index contributed by atoms with van der Waals surface area (Å²) in [6.45, 7) is -0.944. The van der Waals surface area contributed by atoms with E-state index in [2.05, 4.69) is 5.32 Å². The van der Waals surface area contributed by atoms with Gasteiger partial charge >= 0.3 is 0 Å². The fraction of sp³-hybridized carbons (Fsp3) is 0.583. The third-order valence-corrected chi connectivity index (χ3v) is 2.63. The maximum atomic E-state index is 11.9. The van der Waals surface area contributed by atoms with Gasteiger partial charge in [0.1, 0.15) is 0 Å². The predicted octanol–water partition coefficient (Wildman–Crippen LogP) is -3.41. The molecular formula is C12H21N5O5. The van der Waals surface area contributed by atoms with E-state index >= 15 is 0 Å². The van der Waals surface area contributed by atoms with Crippen LogP contribution in [-0.2, 0) is 24.0 Å². The van der Waals surface area contributed by atoms with Gasteiger partial charge in [0.15, 0.2) is 0 Å². The van der Waals surface area contributed by atoms with E-state index in [1.807, 2.05) is 0 Å². The van der Waals surface area contributed by atoms with Gasteiger partial charge in [-0.3, -0.25) is 24.0 Å². The Balaban J connectivity index is 4.28. The Kier molecular flexibility index (Phi) is 8.19. The molecule has 0 saturated carbocycles. The summed E-state index contributed by atoms with van der Waals surface area (Å²) in [5.74, 6) is -2.09. The number of primary amides is 1. The molecule has 0 heterocycles. The van der Waals surface area contributed by atoms with Crippen LogP contribution in [0.25, 0.3) is 0 Å². The first-order valence-electron chi connectivity index (χ1n) is 6.35. The van der Waals surface area contributed by atoms with Crippen LogP contribution in [-0.4, -0.2) is 92.1 Å². The van der Waals surface area contributed by atoms with Crippen molar-refractivity contribution in [1.29, 1.82) is 0 Å². The van der Waals surface area contributed by atoms with E-state index in [1.165, 1.54) is 21.1 Å². The molecule has 124 valence electrons. The van der Waals surface area contributed by atoms with Crippen LogP contribution in [0, 0.1) is 0 Å². The highest BCUT2D eigenvalue weighted by atomic mass is 16.2. The molecule has 22 heavy (non-hydrogen) atoms. The second kappa shape index (κ2) is 9.32. The lowest BCUT2D eigenvalue weighted by Crippen LogP contribution is -2.46. The number of nitrogens with one attached hydrogen (secondary N) is 1. The molecule has 0 aliphatic rings. The minimum Gasteiger partial charge on any atom is -0.368 e. The molecule has 0 bridgehead atoms. The number of hydrogen-bond donors (Lipinski definition) is 2. The molecule has 0 aromatic heterocycles. The minimum absolute atomic E-state index is 0.143. The van der Waals surface area contributed by atoms with Gasteiger partial charge in [0.05, 0.1) is 26.2 Å². The van der Waals surface area contributed by atoms with Gasteiger partial charge in [-0.25, -0.2) is 0 Å². The summed E-state index contributed by atoms with van der Waals surface area (Å²) in [6, 6.07) is 0. The van der Waals surface area contributed by atoms with Crippen molar-refractivity contribution in [3.05, 3.63) is 0 Å². The topological polar surface area (TPSA) is 133 Å². The van der Waals surface area contributed by atoms with Gasteiger partial charge in [-0.05, 0) is 0 Å². The predicted molar refractivity (Wildman–Crippen MR) is 76.2 cm³/mol. The third kappa shape index (κ3) is 7.82. The Morgan fingerprint density at radius 2 is 1.45 bits per heavy atom. The van der Waals surface area contributed by atoms with Crippen molar-refractivity contribution in [3.8, 4) is 0 Å². The first kappa shape index (κ1) is 19.4. The van der Waals surface area contributed by atoms with E-state index in [0.29, 0.717) is 6.41 Å². The molecule has 0 aliphatic heterocycles. The quantitative estimate of drug-likeness (QED) is 0.428. The van der Waals surface area contributed by atoms with Crippen molar-refractivity contribution in [3.63, 3.8) is 0 Å². The van der Waals surface area contributed by atoms with Gasteiger partial charge < -0.3 is 25.8 Å². The van der Waals surface area contributed by atoms with Crippen molar-refractivity contribution >= 4 is 30.0 Å². The van der Waals surface area contributed by atoms with Crippen LogP contribution in [0.1, 0.15) is 0 Å². The molecule has 3 N–H and O–H groups in total. The van der Waals surface area contributed by atoms with Crippen LogP contribution in [0.15, 0.2) is 0 Å². The number of hydrogen-bond acceptors (Lipinski definition) is 5. The second-order valence-electron chi connectivity index (χ2n) is 4.76. The van der Waals surface area contributed by atoms with Crippen molar-refractivity contribution in [2.24, 2.45) is 5.73 Å². The van der Waals surface area contributed by atoms with E-state index in [1.54, 1.807) is 0 Å². The van der Waals surface area contributed by atoms with Gasteiger partial charge in [0.2, 0.25) is 30.0 Å². The normalized spacial score (nSPS) is 9.59. The molecule has 0 radical (unpaired) electrons. The zero-order chi connectivity index (χ0) is 17.3. The van der Waals surface area contributed by atoms with Crippen LogP contribution in [0.2, 0.25) is 0 Å². The number of carbonyl (C=O) groups excluding carboxylic acids is 5. The van der Waals surface area contributed by atoms with Gasteiger partial charge in [-0.1, -0.05) is 0 Å². The maximum absolute atomic E-state index is 11.9. The van der Waals surface area contributed by atoms with Crippen molar-refractivity contribution in [1.82, 2.24) is 20.0 Å². The summed E-state index contributed by atoms with van der Waals surface area (Å²) in [5.41, 5.74) is 4.87. The van der Waals surface area contributed by atoms with Crippen molar-refractivity contribution in [2.45, 2.75) is 0 Å². The molecule has 0 unspecified atom stereocenters. The highest BCUT2D eigenvalue weighted by molar-refractivity contribution is 5.90. The molecule has 10 heteroatoms. The number of nitrogens with two attached hydrogens (primary N) is 1. The molecule has 0 aliphatic carbocycles. The fourth-order valence-electron chi connectivity index (χ4n) is 1.33. The Morgan fingerprint density at radius 1 is 0.955 bits per heavy atom. The highest BCUT2D eigenvalue weighted by Gasteiger charge is 2.18. The van der Waals surface area contributed by atoms with Crippen LogP contribution in [0.5, 0.6) is 0 Å². The summed E-state index contributed by atoms with van der Waals surface area (Å²) in [6.07, 6.45) is 0.503. The van der Waals surface area contributed by atoms with Gasteiger partial charge in [-0.2, -0.15) is 0 Å². The minimum atomic E-state index is -0.688. The standard InChI is InChI=1S/C12H21N5O5/c1-15(8-18)6-11(21)17(3)7-12(22)16(2)5-10(20)14-4-9(13)19/h8H,4-7H2,1-3H3,(H2,13,19)(H,14,20). The number of rotatable bonds is 9. The Bertz CT molecular complexity index is 453. The molecular weight excluding hydrogens is 294 g/mol. The molecule has 0 aromatic rings. The lowest BCUT2D eigenvalue weighted by Gasteiger charge is -2.22. The number of likely N-dealkylation sites (N-methyl/N-ethyl adjacent to an activating group) is 3.